The molecular formula is C13H29IO2Si. The van der Waals surface area contributed by atoms with Crippen molar-refractivity contribution in [2.45, 2.75) is 78.2 Å². The van der Waals surface area contributed by atoms with Gasteiger partial charge in [-0.05, 0) is 49.6 Å². The molecule has 0 aliphatic carbocycles. The van der Waals surface area contributed by atoms with Gasteiger partial charge in [-0.25, -0.2) is 0 Å². The summed E-state index contributed by atoms with van der Waals surface area (Å²) in [6, 6.07) is 2.21. The standard InChI is InChI=1S/C13H29IO2Si/c1-6-12(4)15-17(8-3,11-9-10-14)16-13(5)7-2/h12-13H,6-11H2,1-5H3. The van der Waals surface area contributed by atoms with Gasteiger partial charge in [-0.15, -0.1) is 0 Å². The fourth-order valence-electron chi connectivity index (χ4n) is 1.73. The first-order chi connectivity index (χ1) is 8.03. The molecule has 0 radical (unpaired) electrons. The summed E-state index contributed by atoms with van der Waals surface area (Å²) in [5.41, 5.74) is 0. The molecule has 0 aliphatic heterocycles. The van der Waals surface area contributed by atoms with Crippen molar-refractivity contribution in [2.24, 2.45) is 0 Å². The van der Waals surface area contributed by atoms with Crippen molar-refractivity contribution in [3.05, 3.63) is 0 Å². The van der Waals surface area contributed by atoms with Gasteiger partial charge in [0.1, 0.15) is 0 Å². The van der Waals surface area contributed by atoms with E-state index in [0.29, 0.717) is 12.2 Å². The van der Waals surface area contributed by atoms with Crippen LogP contribution in [-0.4, -0.2) is 25.2 Å². The van der Waals surface area contributed by atoms with E-state index in [0.717, 1.165) is 24.9 Å². The van der Waals surface area contributed by atoms with Crippen LogP contribution in [0, 0.1) is 0 Å². The van der Waals surface area contributed by atoms with Gasteiger partial charge in [0.2, 0.25) is 0 Å². The Bertz CT molecular complexity index is 178. The molecule has 0 aromatic heterocycles. The molecule has 0 bridgehead atoms. The van der Waals surface area contributed by atoms with E-state index < -0.39 is 8.56 Å². The molecule has 17 heavy (non-hydrogen) atoms. The molecule has 0 rings (SSSR count). The van der Waals surface area contributed by atoms with Gasteiger partial charge in [0.05, 0.1) is 0 Å². The lowest BCUT2D eigenvalue weighted by atomic mass is 10.3. The van der Waals surface area contributed by atoms with Crippen LogP contribution in [0.5, 0.6) is 0 Å². The molecule has 2 unspecified atom stereocenters. The first-order valence-electron chi connectivity index (χ1n) is 6.95. The molecule has 0 amide bonds. The van der Waals surface area contributed by atoms with Crippen LogP contribution < -0.4 is 0 Å². The lowest BCUT2D eigenvalue weighted by molar-refractivity contribution is 0.0872. The molecule has 2 nitrogen and oxygen atoms in total. The van der Waals surface area contributed by atoms with E-state index >= 15 is 0 Å². The Labute approximate surface area is 122 Å². The quantitative estimate of drug-likeness (QED) is 0.308. The van der Waals surface area contributed by atoms with Crippen molar-refractivity contribution in [2.75, 3.05) is 4.43 Å². The molecule has 0 saturated heterocycles. The SMILES string of the molecule is CCC(C)O[Si](CC)(CCCI)OC(C)CC. The highest BCUT2D eigenvalue weighted by Gasteiger charge is 2.37. The largest absolute Gasteiger partial charge is 0.391 e. The van der Waals surface area contributed by atoms with E-state index in [4.69, 9.17) is 8.85 Å². The first kappa shape index (κ1) is 17.9. The third kappa shape index (κ3) is 7.13. The van der Waals surface area contributed by atoms with Gasteiger partial charge in [0, 0.05) is 12.2 Å². The maximum Gasteiger partial charge on any atom is 0.338 e. The molecule has 0 spiro atoms. The van der Waals surface area contributed by atoms with Crippen molar-refractivity contribution in [3.63, 3.8) is 0 Å². The van der Waals surface area contributed by atoms with Gasteiger partial charge in [-0.2, -0.15) is 0 Å². The van der Waals surface area contributed by atoms with Gasteiger partial charge < -0.3 is 8.85 Å². The normalized spacial score (nSPS) is 18.7. The minimum Gasteiger partial charge on any atom is -0.391 e. The summed E-state index contributed by atoms with van der Waals surface area (Å²) >= 11 is 2.44. The highest BCUT2D eigenvalue weighted by molar-refractivity contribution is 14.1. The van der Waals surface area contributed by atoms with Gasteiger partial charge >= 0.3 is 8.56 Å². The van der Waals surface area contributed by atoms with Crippen molar-refractivity contribution in [1.82, 2.24) is 0 Å². The molecule has 4 heteroatoms. The maximum atomic E-state index is 6.32. The van der Waals surface area contributed by atoms with E-state index in [1.807, 2.05) is 0 Å². The first-order valence-corrected chi connectivity index (χ1v) is 10.7. The Hall–Kier alpha value is 0.867. The topological polar surface area (TPSA) is 18.5 Å². The summed E-state index contributed by atoms with van der Waals surface area (Å²) in [7, 11) is -1.96. The molecule has 0 aromatic carbocycles. The summed E-state index contributed by atoms with van der Waals surface area (Å²) in [5.74, 6) is 0. The monoisotopic (exact) mass is 372 g/mol. The molecular weight excluding hydrogens is 343 g/mol. The van der Waals surface area contributed by atoms with Crippen LogP contribution >= 0.6 is 22.6 Å². The number of rotatable bonds is 10. The fourth-order valence-corrected chi connectivity index (χ4v) is 6.32. The van der Waals surface area contributed by atoms with Gasteiger partial charge in [-0.3, -0.25) is 0 Å². The molecule has 104 valence electrons. The second-order valence-electron chi connectivity index (χ2n) is 4.73. The molecule has 0 heterocycles. The number of alkyl halides is 1. The summed E-state index contributed by atoms with van der Waals surface area (Å²) in [6.45, 7) is 10.9. The summed E-state index contributed by atoms with van der Waals surface area (Å²) in [5, 5.41) is 0. The van der Waals surface area contributed by atoms with Crippen LogP contribution in [0.25, 0.3) is 0 Å². The van der Waals surface area contributed by atoms with Crippen molar-refractivity contribution < 1.29 is 8.85 Å². The average Bonchev–Trinajstić information content (AvgIpc) is 2.35. The number of hydrogen-bond donors (Lipinski definition) is 0. The highest BCUT2D eigenvalue weighted by Crippen LogP contribution is 2.26. The molecule has 0 fully saturated rings. The summed E-state index contributed by atoms with van der Waals surface area (Å²) in [6.07, 6.45) is 4.03. The van der Waals surface area contributed by atoms with Crippen LogP contribution in [-0.2, 0) is 8.85 Å². The fraction of sp³-hybridized carbons (Fsp3) is 1.00. The molecule has 2 atom stereocenters. The van der Waals surface area contributed by atoms with Gasteiger partial charge in [-0.1, -0.05) is 43.4 Å². The molecule has 0 aliphatic rings. The van der Waals surface area contributed by atoms with Crippen molar-refractivity contribution >= 4 is 31.2 Å². The van der Waals surface area contributed by atoms with E-state index in [9.17, 15) is 0 Å². The third-order valence-corrected chi connectivity index (χ3v) is 7.83. The van der Waals surface area contributed by atoms with Gasteiger partial charge in [0.15, 0.2) is 0 Å². The molecule has 0 aromatic rings. The summed E-state index contributed by atoms with van der Waals surface area (Å²) in [4.78, 5) is 0. The van der Waals surface area contributed by atoms with E-state index in [1.165, 1.54) is 10.8 Å². The lowest BCUT2D eigenvalue weighted by Crippen LogP contribution is -2.46. The zero-order chi connectivity index (χ0) is 13.3. The van der Waals surface area contributed by atoms with E-state index in [-0.39, 0.29) is 0 Å². The molecule has 0 N–H and O–H groups in total. The van der Waals surface area contributed by atoms with Crippen LogP contribution in [0.1, 0.15) is 53.9 Å². The predicted octanol–water partition coefficient (Wildman–Crippen LogP) is 4.90. The number of hydrogen-bond acceptors (Lipinski definition) is 2. The Kier molecular flexibility index (Phi) is 10.2. The maximum absolute atomic E-state index is 6.32. The minimum atomic E-state index is -1.96. The Morgan fingerprint density at radius 3 is 1.76 bits per heavy atom. The Morgan fingerprint density at radius 1 is 1.00 bits per heavy atom. The Balaban J connectivity index is 4.60. The minimum absolute atomic E-state index is 0.333. The van der Waals surface area contributed by atoms with Crippen molar-refractivity contribution in [3.8, 4) is 0 Å². The predicted molar refractivity (Wildman–Crippen MR) is 86.2 cm³/mol. The van der Waals surface area contributed by atoms with Crippen molar-refractivity contribution in [1.29, 1.82) is 0 Å². The van der Waals surface area contributed by atoms with Crippen LogP contribution in [0.2, 0.25) is 12.1 Å². The van der Waals surface area contributed by atoms with Gasteiger partial charge in [0.25, 0.3) is 0 Å². The highest BCUT2D eigenvalue weighted by atomic mass is 127. The lowest BCUT2D eigenvalue weighted by Gasteiger charge is -2.35. The number of halogens is 1. The zero-order valence-electron chi connectivity index (χ0n) is 12.1. The van der Waals surface area contributed by atoms with Crippen LogP contribution in [0.4, 0.5) is 0 Å². The van der Waals surface area contributed by atoms with E-state index in [2.05, 4.69) is 57.2 Å². The molecule has 0 saturated carbocycles. The van der Waals surface area contributed by atoms with Crippen LogP contribution in [0.15, 0.2) is 0 Å². The summed E-state index contributed by atoms with van der Waals surface area (Å²) < 4.78 is 13.8. The smallest absolute Gasteiger partial charge is 0.338 e. The average molecular weight is 372 g/mol. The second kappa shape index (κ2) is 9.75. The second-order valence-corrected chi connectivity index (χ2v) is 9.31. The zero-order valence-corrected chi connectivity index (χ0v) is 15.2. The Morgan fingerprint density at radius 2 is 1.47 bits per heavy atom. The van der Waals surface area contributed by atoms with E-state index in [1.54, 1.807) is 0 Å². The third-order valence-electron chi connectivity index (χ3n) is 3.21. The van der Waals surface area contributed by atoms with Crippen LogP contribution in [0.3, 0.4) is 0 Å².